The summed E-state index contributed by atoms with van der Waals surface area (Å²) in [6, 6.07) is 14.1. The summed E-state index contributed by atoms with van der Waals surface area (Å²) in [4.78, 5) is 39.2. The number of fused-ring (bicyclic) bond motifs is 1. The maximum atomic E-state index is 12.8. The molecule has 4 rings (SSSR count). The highest BCUT2D eigenvalue weighted by Gasteiger charge is 2.48. The summed E-state index contributed by atoms with van der Waals surface area (Å²) in [5.74, 6) is -1.20. The number of hydrogen-bond donors (Lipinski definition) is 0. The van der Waals surface area contributed by atoms with Crippen LogP contribution >= 0.6 is 15.9 Å². The summed E-state index contributed by atoms with van der Waals surface area (Å²) >= 11 is 3.37. The van der Waals surface area contributed by atoms with Crippen LogP contribution in [0.1, 0.15) is 41.6 Å². The first-order valence-corrected chi connectivity index (χ1v) is 10.2. The molecule has 2 aromatic rings. The van der Waals surface area contributed by atoms with Gasteiger partial charge in [0.1, 0.15) is 6.61 Å². The molecular weight excluding hydrogens is 422 g/mol. The number of imide groups is 1. The minimum absolute atomic E-state index is 0.143. The van der Waals surface area contributed by atoms with Crippen LogP contribution in [0.5, 0.6) is 0 Å². The topological polar surface area (TPSA) is 63.7 Å². The Labute approximate surface area is 171 Å². The van der Waals surface area contributed by atoms with Crippen molar-refractivity contribution in [1.82, 2.24) is 0 Å². The van der Waals surface area contributed by atoms with Crippen molar-refractivity contribution in [1.29, 1.82) is 0 Å². The quantitative estimate of drug-likeness (QED) is 0.517. The van der Waals surface area contributed by atoms with Crippen molar-refractivity contribution in [3.63, 3.8) is 0 Å². The predicted molar refractivity (Wildman–Crippen MR) is 108 cm³/mol. The number of carbonyl (C=O) groups is 3. The Balaban J connectivity index is 1.49. The average molecular weight is 442 g/mol. The number of nitrogens with zero attached hydrogens (tertiary/aromatic N) is 1. The Hall–Kier alpha value is -2.47. The van der Waals surface area contributed by atoms with Gasteiger partial charge in [0.25, 0.3) is 0 Å². The van der Waals surface area contributed by atoms with Crippen LogP contribution in [0.25, 0.3) is 0 Å². The third-order valence-electron chi connectivity index (χ3n) is 5.46. The molecule has 0 aromatic heterocycles. The molecule has 0 radical (unpaired) electrons. The molecule has 0 spiro atoms. The van der Waals surface area contributed by atoms with Gasteiger partial charge in [0.2, 0.25) is 11.8 Å². The number of carbonyl (C=O) groups excluding carboxylic acids is 3. The van der Waals surface area contributed by atoms with Crippen molar-refractivity contribution in [3.05, 3.63) is 64.1 Å². The van der Waals surface area contributed by atoms with Gasteiger partial charge >= 0.3 is 5.97 Å². The van der Waals surface area contributed by atoms with E-state index < -0.39 is 5.97 Å². The molecule has 6 heteroatoms. The Morgan fingerprint density at radius 1 is 1.00 bits per heavy atom. The monoisotopic (exact) mass is 441 g/mol. The largest absolute Gasteiger partial charge is 0.457 e. The van der Waals surface area contributed by atoms with Crippen molar-refractivity contribution in [2.75, 3.05) is 4.90 Å². The van der Waals surface area contributed by atoms with Crippen molar-refractivity contribution >= 4 is 39.4 Å². The molecule has 0 bridgehead atoms. The zero-order chi connectivity index (χ0) is 19.7. The van der Waals surface area contributed by atoms with E-state index in [1.807, 2.05) is 24.3 Å². The number of hydrogen-bond acceptors (Lipinski definition) is 4. The molecule has 2 fully saturated rings. The van der Waals surface area contributed by atoms with Gasteiger partial charge in [0.15, 0.2) is 0 Å². The smallest absolute Gasteiger partial charge is 0.338 e. The van der Waals surface area contributed by atoms with Gasteiger partial charge in [-0.2, -0.15) is 0 Å². The van der Waals surface area contributed by atoms with Crippen LogP contribution in [0.15, 0.2) is 53.0 Å². The van der Waals surface area contributed by atoms with Gasteiger partial charge in [-0.15, -0.1) is 0 Å². The molecule has 0 N–H and O–H groups in total. The predicted octanol–water partition coefficient (Wildman–Crippen LogP) is 4.49. The first kappa shape index (κ1) is 18.9. The molecule has 2 atom stereocenters. The van der Waals surface area contributed by atoms with Crippen molar-refractivity contribution in [3.8, 4) is 0 Å². The van der Waals surface area contributed by atoms with E-state index in [0.717, 1.165) is 35.7 Å². The highest BCUT2D eigenvalue weighted by Crippen LogP contribution is 2.40. The molecule has 2 aliphatic rings. The Morgan fingerprint density at radius 3 is 2.29 bits per heavy atom. The molecule has 1 aliphatic carbocycles. The molecule has 1 aliphatic heterocycles. The molecule has 2 unspecified atom stereocenters. The fourth-order valence-corrected chi connectivity index (χ4v) is 4.27. The van der Waals surface area contributed by atoms with Crippen LogP contribution in [0.2, 0.25) is 0 Å². The highest BCUT2D eigenvalue weighted by molar-refractivity contribution is 9.10. The maximum Gasteiger partial charge on any atom is 0.338 e. The van der Waals surface area contributed by atoms with Gasteiger partial charge in [-0.1, -0.05) is 47.0 Å². The molecule has 2 amide bonds. The number of esters is 1. The fraction of sp³-hybridized carbons (Fsp3) is 0.318. The van der Waals surface area contributed by atoms with E-state index in [2.05, 4.69) is 15.9 Å². The van der Waals surface area contributed by atoms with E-state index in [1.165, 1.54) is 4.90 Å². The third kappa shape index (κ3) is 3.61. The molecule has 144 valence electrons. The minimum atomic E-state index is -0.485. The van der Waals surface area contributed by atoms with Crippen molar-refractivity contribution in [2.24, 2.45) is 11.8 Å². The minimum Gasteiger partial charge on any atom is -0.457 e. The zero-order valence-corrected chi connectivity index (χ0v) is 16.9. The standard InChI is InChI=1S/C22H20BrNO4/c23-16-10-8-14(9-11-16)13-28-22(27)15-4-3-5-17(12-15)24-20(25)18-6-1-2-7-19(18)21(24)26/h3-5,8-12,18-19H,1-2,6-7,13H2. The van der Waals surface area contributed by atoms with Gasteiger partial charge in [-0.05, 0) is 48.7 Å². The second kappa shape index (κ2) is 7.87. The first-order chi connectivity index (χ1) is 13.5. The van der Waals surface area contributed by atoms with Crippen molar-refractivity contribution < 1.29 is 19.1 Å². The van der Waals surface area contributed by atoms with Gasteiger partial charge < -0.3 is 4.74 Å². The van der Waals surface area contributed by atoms with Crippen LogP contribution in [0.4, 0.5) is 5.69 Å². The van der Waals surface area contributed by atoms with Crippen LogP contribution < -0.4 is 4.90 Å². The lowest BCUT2D eigenvalue weighted by Crippen LogP contribution is -2.31. The van der Waals surface area contributed by atoms with Gasteiger partial charge in [0.05, 0.1) is 23.1 Å². The molecule has 28 heavy (non-hydrogen) atoms. The fourth-order valence-electron chi connectivity index (χ4n) is 4.00. The molecule has 2 aromatic carbocycles. The number of amides is 2. The Bertz CT molecular complexity index is 900. The number of ether oxygens (including phenoxy) is 1. The second-order valence-electron chi connectivity index (χ2n) is 7.26. The highest BCUT2D eigenvalue weighted by atomic mass is 79.9. The van der Waals surface area contributed by atoms with Crippen molar-refractivity contribution in [2.45, 2.75) is 32.3 Å². The second-order valence-corrected chi connectivity index (χ2v) is 8.18. The lowest BCUT2D eigenvalue weighted by molar-refractivity contribution is -0.122. The lowest BCUT2D eigenvalue weighted by Gasteiger charge is -2.19. The summed E-state index contributed by atoms with van der Waals surface area (Å²) < 4.78 is 6.33. The number of rotatable bonds is 4. The van der Waals surface area contributed by atoms with Crippen LogP contribution in [0.3, 0.4) is 0 Å². The van der Waals surface area contributed by atoms with E-state index in [1.54, 1.807) is 24.3 Å². The summed E-state index contributed by atoms with van der Waals surface area (Å²) in [5, 5.41) is 0. The molecule has 1 heterocycles. The SMILES string of the molecule is O=C(OCc1ccc(Br)cc1)c1cccc(N2C(=O)C3CCCCC3C2=O)c1. The van der Waals surface area contributed by atoms with Gasteiger partial charge in [0, 0.05) is 4.47 Å². The summed E-state index contributed by atoms with van der Waals surface area (Å²) in [6.45, 7) is 0.155. The molecule has 1 saturated heterocycles. The first-order valence-electron chi connectivity index (χ1n) is 9.44. The normalized spacial score (nSPS) is 21.5. The van der Waals surface area contributed by atoms with Gasteiger partial charge in [-0.3, -0.25) is 14.5 Å². The number of halogens is 1. The van der Waals surface area contributed by atoms with Crippen LogP contribution in [-0.2, 0) is 20.9 Å². The maximum absolute atomic E-state index is 12.8. The summed E-state index contributed by atoms with van der Waals surface area (Å²) in [5.41, 5.74) is 1.65. The molecular formula is C22H20BrNO4. The summed E-state index contributed by atoms with van der Waals surface area (Å²) in [7, 11) is 0. The van der Waals surface area contributed by atoms with E-state index in [4.69, 9.17) is 4.74 Å². The van der Waals surface area contributed by atoms with Crippen LogP contribution in [0, 0.1) is 11.8 Å². The van der Waals surface area contributed by atoms with E-state index >= 15 is 0 Å². The van der Waals surface area contributed by atoms with Gasteiger partial charge in [-0.25, -0.2) is 4.79 Å². The van der Waals surface area contributed by atoms with E-state index in [0.29, 0.717) is 11.3 Å². The summed E-state index contributed by atoms with van der Waals surface area (Å²) in [6.07, 6.45) is 3.49. The number of anilines is 1. The molecule has 1 saturated carbocycles. The number of benzene rings is 2. The third-order valence-corrected chi connectivity index (χ3v) is 5.99. The Kier molecular flexibility index (Phi) is 5.31. The lowest BCUT2D eigenvalue weighted by atomic mass is 9.81. The van der Waals surface area contributed by atoms with Crippen LogP contribution in [-0.4, -0.2) is 17.8 Å². The Morgan fingerprint density at radius 2 is 1.64 bits per heavy atom. The average Bonchev–Trinajstić information content (AvgIpc) is 2.98. The van der Waals surface area contributed by atoms with E-state index in [9.17, 15) is 14.4 Å². The zero-order valence-electron chi connectivity index (χ0n) is 15.3. The molecule has 5 nitrogen and oxygen atoms in total. The van der Waals surface area contributed by atoms with E-state index in [-0.39, 0.29) is 30.3 Å².